The van der Waals surface area contributed by atoms with Crippen LogP contribution in [0.2, 0.25) is 0 Å². The Morgan fingerprint density at radius 1 is 1.16 bits per heavy atom. The van der Waals surface area contributed by atoms with Crippen LogP contribution in [0.15, 0.2) is 64.2 Å². The van der Waals surface area contributed by atoms with Crippen molar-refractivity contribution in [3.8, 4) is 0 Å². The van der Waals surface area contributed by atoms with Gasteiger partial charge in [0, 0.05) is 11.8 Å². The van der Waals surface area contributed by atoms with Gasteiger partial charge in [0.15, 0.2) is 5.96 Å². The predicted octanol–water partition coefficient (Wildman–Crippen LogP) is -0.682. The zero-order valence-corrected chi connectivity index (χ0v) is 20.6. The molecule has 2 amide bonds. The topological polar surface area (TPSA) is 204 Å². The molecule has 37 heavy (non-hydrogen) atoms. The van der Waals surface area contributed by atoms with E-state index in [-0.39, 0.29) is 11.7 Å². The molecule has 0 fully saturated rings. The smallest absolute Gasteiger partial charge is 0.370 e. The molecule has 0 saturated heterocycles. The molecule has 2 aromatic carbocycles. The summed E-state index contributed by atoms with van der Waals surface area (Å²) in [7, 11) is 0. The van der Waals surface area contributed by atoms with Crippen LogP contribution in [0.1, 0.15) is 6.92 Å². The fraction of sp³-hybridized carbons (Fsp3) is 0.333. The Balaban J connectivity index is 1.78. The Morgan fingerprint density at radius 2 is 1.86 bits per heavy atom. The lowest BCUT2D eigenvalue weighted by Gasteiger charge is -2.38. The Hall–Kier alpha value is -3.65. The molecule has 1 aliphatic heterocycles. The van der Waals surface area contributed by atoms with Crippen LogP contribution in [0.5, 0.6) is 0 Å². The van der Waals surface area contributed by atoms with E-state index in [1.165, 1.54) is 18.7 Å². The molecule has 5 atom stereocenters. The van der Waals surface area contributed by atoms with Gasteiger partial charge in [-0.15, -0.1) is 11.8 Å². The number of nitrogens with zero attached hydrogens (tertiary/aromatic N) is 1. The zero-order chi connectivity index (χ0) is 27.1. The summed E-state index contributed by atoms with van der Waals surface area (Å²) in [6.07, 6.45) is -3.92. The van der Waals surface area contributed by atoms with Crippen LogP contribution < -0.4 is 16.4 Å². The molecule has 2 aromatic rings. The third-order valence-electron chi connectivity index (χ3n) is 5.47. The number of fused-ring (bicyclic) bond motifs is 1. The predicted molar refractivity (Wildman–Crippen MR) is 136 cm³/mol. The summed E-state index contributed by atoms with van der Waals surface area (Å²) in [5.74, 6) is -3.50. The highest BCUT2D eigenvalue weighted by Crippen LogP contribution is 2.28. The fourth-order valence-corrected chi connectivity index (χ4v) is 4.67. The number of amides is 2. The SMILES string of the molecule is CC(=O)N[C@H]1[C@H]([C@@H](O)[C@@H](O)CO)OC(C(=O)O)=C[C@@H]1N=C(N)NC(=O)CSc1cccc2ccccc12. The standard InChI is InChI=1S/C24H28N4O8S/c1-12(30)26-20-15(9-17(23(34)35)36-22(20)21(33)16(31)10-29)27-24(25)28-19(32)11-37-18-8-4-6-13-5-2-3-7-14(13)18/h2-9,15-16,20-22,29,31,33H,10-11H2,1H3,(H,26,30)(H,34,35)(H3,25,27,28,32)/t15-,16-,20+,21-,22+/m0/s1. The van der Waals surface area contributed by atoms with E-state index >= 15 is 0 Å². The number of nitrogens with one attached hydrogen (secondary N) is 2. The van der Waals surface area contributed by atoms with Gasteiger partial charge in [0.25, 0.3) is 0 Å². The maximum atomic E-state index is 12.5. The molecule has 0 radical (unpaired) electrons. The minimum atomic E-state index is -1.78. The number of carboxylic acid groups (broad SMARTS) is 1. The highest BCUT2D eigenvalue weighted by Gasteiger charge is 2.43. The maximum Gasteiger partial charge on any atom is 0.370 e. The molecule has 0 spiro atoms. The molecule has 13 heteroatoms. The van der Waals surface area contributed by atoms with Crippen LogP contribution >= 0.6 is 11.8 Å². The minimum absolute atomic E-state index is 0.00732. The second kappa shape index (κ2) is 12.5. The van der Waals surface area contributed by atoms with Gasteiger partial charge in [-0.3, -0.25) is 14.9 Å². The Kier molecular flexibility index (Phi) is 9.47. The summed E-state index contributed by atoms with van der Waals surface area (Å²) < 4.78 is 5.29. The van der Waals surface area contributed by atoms with E-state index in [1.807, 2.05) is 42.5 Å². The van der Waals surface area contributed by atoms with Crippen molar-refractivity contribution in [1.29, 1.82) is 0 Å². The third kappa shape index (κ3) is 7.20. The van der Waals surface area contributed by atoms with Gasteiger partial charge in [0.05, 0.1) is 24.4 Å². The van der Waals surface area contributed by atoms with E-state index in [0.717, 1.165) is 21.7 Å². The third-order valence-corrected chi connectivity index (χ3v) is 6.54. The molecule has 1 aliphatic rings. The van der Waals surface area contributed by atoms with E-state index in [0.29, 0.717) is 0 Å². The van der Waals surface area contributed by atoms with Crippen molar-refractivity contribution in [2.75, 3.05) is 12.4 Å². The van der Waals surface area contributed by atoms with Gasteiger partial charge in [-0.1, -0.05) is 36.4 Å². The average Bonchev–Trinajstić information content (AvgIpc) is 2.86. The summed E-state index contributed by atoms with van der Waals surface area (Å²) in [5, 5.41) is 45.9. The van der Waals surface area contributed by atoms with Crippen molar-refractivity contribution >= 4 is 46.3 Å². The minimum Gasteiger partial charge on any atom is -0.478 e. The number of carbonyl (C=O) groups is 3. The van der Waals surface area contributed by atoms with Crippen molar-refractivity contribution in [1.82, 2.24) is 10.6 Å². The zero-order valence-electron chi connectivity index (χ0n) is 19.8. The highest BCUT2D eigenvalue weighted by atomic mass is 32.2. The number of guanidine groups is 1. The van der Waals surface area contributed by atoms with Crippen LogP contribution in [0.4, 0.5) is 0 Å². The van der Waals surface area contributed by atoms with Crippen LogP contribution in [0.3, 0.4) is 0 Å². The van der Waals surface area contributed by atoms with E-state index in [4.69, 9.17) is 10.5 Å². The van der Waals surface area contributed by atoms with Gasteiger partial charge in [-0.2, -0.15) is 0 Å². The van der Waals surface area contributed by atoms with Crippen molar-refractivity contribution < 1.29 is 39.5 Å². The number of aliphatic hydroxyl groups excluding tert-OH is 3. The molecule has 1 heterocycles. The second-order valence-electron chi connectivity index (χ2n) is 8.20. The molecule has 8 N–H and O–H groups in total. The Bertz CT molecular complexity index is 1210. The van der Waals surface area contributed by atoms with Crippen molar-refractivity contribution in [3.63, 3.8) is 0 Å². The molecule has 12 nitrogen and oxygen atoms in total. The van der Waals surface area contributed by atoms with E-state index < -0.39 is 60.5 Å². The summed E-state index contributed by atoms with van der Waals surface area (Å²) in [5.41, 5.74) is 5.91. The lowest BCUT2D eigenvalue weighted by atomic mass is 9.92. The monoisotopic (exact) mass is 532 g/mol. The number of rotatable bonds is 9. The molecule has 0 aliphatic carbocycles. The van der Waals surface area contributed by atoms with Crippen molar-refractivity contribution in [2.45, 2.75) is 42.2 Å². The average molecular weight is 533 g/mol. The molecule has 0 unspecified atom stereocenters. The lowest BCUT2D eigenvalue weighted by molar-refractivity contribution is -0.145. The van der Waals surface area contributed by atoms with Crippen molar-refractivity contribution in [2.24, 2.45) is 10.7 Å². The van der Waals surface area contributed by atoms with Gasteiger partial charge >= 0.3 is 5.97 Å². The maximum absolute atomic E-state index is 12.5. The Morgan fingerprint density at radius 3 is 2.54 bits per heavy atom. The number of thioether (sulfide) groups is 1. The number of aliphatic hydroxyl groups is 3. The van der Waals surface area contributed by atoms with E-state index in [9.17, 15) is 34.8 Å². The summed E-state index contributed by atoms with van der Waals surface area (Å²) in [4.78, 5) is 41.0. The number of ether oxygens (including phenoxy) is 1. The first-order valence-corrected chi connectivity index (χ1v) is 12.2. The number of carbonyl (C=O) groups excluding carboxylic acids is 2. The summed E-state index contributed by atoms with van der Waals surface area (Å²) in [6, 6.07) is 11.1. The quantitative estimate of drug-likeness (QED) is 0.123. The molecular weight excluding hydrogens is 504 g/mol. The summed E-state index contributed by atoms with van der Waals surface area (Å²) >= 11 is 1.30. The van der Waals surface area contributed by atoms with Gasteiger partial charge < -0.3 is 36.2 Å². The number of hydrogen-bond donors (Lipinski definition) is 7. The number of aliphatic imine (C=N–C) groups is 1. The second-order valence-corrected chi connectivity index (χ2v) is 9.22. The number of benzene rings is 2. The highest BCUT2D eigenvalue weighted by molar-refractivity contribution is 8.00. The first-order chi connectivity index (χ1) is 17.6. The summed E-state index contributed by atoms with van der Waals surface area (Å²) in [6.45, 7) is 0.333. The van der Waals surface area contributed by atoms with Gasteiger partial charge in [-0.25, -0.2) is 9.79 Å². The number of aliphatic carboxylic acids is 1. The largest absolute Gasteiger partial charge is 0.478 e. The van der Waals surface area contributed by atoms with Crippen LogP contribution in [-0.4, -0.2) is 86.9 Å². The normalized spacial score (nSPS) is 21.4. The van der Waals surface area contributed by atoms with Crippen LogP contribution in [-0.2, 0) is 19.1 Å². The fourth-order valence-electron chi connectivity index (χ4n) is 3.80. The van der Waals surface area contributed by atoms with Crippen LogP contribution in [0.25, 0.3) is 10.8 Å². The molecule has 0 bridgehead atoms. The molecule has 0 saturated carbocycles. The number of nitrogens with two attached hydrogens (primary N) is 1. The molecule has 198 valence electrons. The van der Waals surface area contributed by atoms with Crippen LogP contribution in [0, 0.1) is 0 Å². The molecular formula is C24H28N4O8S. The lowest BCUT2D eigenvalue weighted by Crippen LogP contribution is -2.60. The van der Waals surface area contributed by atoms with E-state index in [2.05, 4.69) is 15.6 Å². The Labute approximate surface area is 216 Å². The van der Waals surface area contributed by atoms with Gasteiger partial charge in [-0.05, 0) is 22.9 Å². The molecule has 0 aromatic heterocycles. The van der Waals surface area contributed by atoms with Gasteiger partial charge in [0.2, 0.25) is 17.6 Å². The first kappa shape index (κ1) is 27.9. The van der Waals surface area contributed by atoms with E-state index in [1.54, 1.807) is 0 Å². The van der Waals surface area contributed by atoms with Crippen molar-refractivity contribution in [3.05, 3.63) is 54.3 Å². The molecule has 3 rings (SSSR count). The number of hydrogen-bond acceptors (Lipinski definition) is 9. The van der Waals surface area contributed by atoms with Gasteiger partial charge in [0.1, 0.15) is 18.3 Å². The number of carboxylic acids is 1. The first-order valence-electron chi connectivity index (χ1n) is 11.2.